The van der Waals surface area contributed by atoms with E-state index in [0.717, 1.165) is 4.83 Å². The lowest BCUT2D eigenvalue weighted by Crippen LogP contribution is -1.94. The van der Waals surface area contributed by atoms with Gasteiger partial charge in [-0.2, -0.15) is 0 Å². The molecule has 0 aliphatic rings. The molecule has 0 aromatic heterocycles. The molecule has 0 amide bonds. The predicted octanol–water partition coefficient (Wildman–Crippen LogP) is 5.69. The van der Waals surface area contributed by atoms with Gasteiger partial charge in [0, 0.05) is 4.83 Å². The van der Waals surface area contributed by atoms with Gasteiger partial charge in [0.1, 0.15) is 0 Å². The molecule has 0 N–H and O–H groups in total. The first-order valence-corrected chi connectivity index (χ1v) is 7.36. The second-order valence-corrected chi connectivity index (χ2v) is 5.56. The lowest BCUT2D eigenvalue weighted by Gasteiger charge is -2.05. The highest BCUT2D eigenvalue weighted by Gasteiger charge is 1.99. The third-order valence-electron chi connectivity index (χ3n) is 2.81. The average Bonchev–Trinajstić information content (AvgIpc) is 2.21. The maximum atomic E-state index is 3.68. The van der Waals surface area contributed by atoms with Crippen LogP contribution in [0.1, 0.15) is 78.1 Å². The van der Waals surface area contributed by atoms with Crippen molar-refractivity contribution in [1.82, 2.24) is 0 Å². The molecule has 0 fully saturated rings. The van der Waals surface area contributed by atoms with E-state index in [1.165, 1.54) is 64.2 Å². The van der Waals surface area contributed by atoms with E-state index in [4.69, 9.17) is 0 Å². The van der Waals surface area contributed by atoms with Crippen LogP contribution in [0.4, 0.5) is 0 Å². The number of halogens is 1. The van der Waals surface area contributed by atoms with Crippen molar-refractivity contribution in [3.63, 3.8) is 0 Å². The average molecular weight is 263 g/mol. The molecule has 0 radical (unpaired) electrons. The number of alkyl halides is 1. The smallest absolute Gasteiger partial charge is 0.0143 e. The largest absolute Gasteiger partial charge is 0.0891 e. The van der Waals surface area contributed by atoms with Gasteiger partial charge < -0.3 is 0 Å². The lowest BCUT2D eigenvalue weighted by atomic mass is 10.1. The van der Waals surface area contributed by atoms with Gasteiger partial charge in [-0.3, -0.25) is 0 Å². The quantitative estimate of drug-likeness (QED) is 0.351. The molecule has 1 unspecified atom stereocenters. The Morgan fingerprint density at radius 2 is 1.29 bits per heavy atom. The van der Waals surface area contributed by atoms with Gasteiger partial charge in [-0.05, 0) is 12.8 Å². The molecular formula is C13H27Br. The Balaban J connectivity index is 2.92. The van der Waals surface area contributed by atoms with E-state index in [0.29, 0.717) is 0 Å². The fraction of sp³-hybridized carbons (Fsp3) is 1.00. The van der Waals surface area contributed by atoms with Crippen LogP contribution in [0.3, 0.4) is 0 Å². The summed E-state index contributed by atoms with van der Waals surface area (Å²) in [5.74, 6) is 0. The molecule has 86 valence electrons. The van der Waals surface area contributed by atoms with E-state index < -0.39 is 0 Å². The molecule has 0 bridgehead atoms. The van der Waals surface area contributed by atoms with Crippen LogP contribution in [0, 0.1) is 0 Å². The molecule has 1 atom stereocenters. The molecule has 0 spiro atoms. The second-order valence-electron chi connectivity index (χ2n) is 4.27. The molecule has 14 heavy (non-hydrogen) atoms. The maximum Gasteiger partial charge on any atom is 0.0143 e. The zero-order chi connectivity index (χ0) is 10.6. The standard InChI is InChI=1S/C13H27Br/c1-3-5-6-7-8-9-10-11-12-13(14)4-2/h13H,3-12H2,1-2H3. The van der Waals surface area contributed by atoms with E-state index in [2.05, 4.69) is 29.8 Å². The Bertz CT molecular complexity index is 101. The van der Waals surface area contributed by atoms with E-state index in [1.807, 2.05) is 0 Å². The summed E-state index contributed by atoms with van der Waals surface area (Å²) in [6, 6.07) is 0. The van der Waals surface area contributed by atoms with Crippen molar-refractivity contribution >= 4 is 15.9 Å². The number of hydrogen-bond donors (Lipinski definition) is 0. The summed E-state index contributed by atoms with van der Waals surface area (Å²) in [5, 5.41) is 0. The van der Waals surface area contributed by atoms with E-state index in [1.54, 1.807) is 0 Å². The Morgan fingerprint density at radius 3 is 1.79 bits per heavy atom. The molecule has 0 rings (SSSR count). The molecular weight excluding hydrogens is 236 g/mol. The highest BCUT2D eigenvalue weighted by molar-refractivity contribution is 9.09. The topological polar surface area (TPSA) is 0 Å². The van der Waals surface area contributed by atoms with Crippen LogP contribution in [0.5, 0.6) is 0 Å². The highest BCUT2D eigenvalue weighted by atomic mass is 79.9. The van der Waals surface area contributed by atoms with Crippen LogP contribution < -0.4 is 0 Å². The normalized spacial score (nSPS) is 13.1. The Hall–Kier alpha value is 0.480. The van der Waals surface area contributed by atoms with Crippen molar-refractivity contribution in [2.45, 2.75) is 82.9 Å². The van der Waals surface area contributed by atoms with Gasteiger partial charge in [-0.25, -0.2) is 0 Å². The SMILES string of the molecule is CCCCCCCCCCC(Br)CC. The van der Waals surface area contributed by atoms with Gasteiger partial charge >= 0.3 is 0 Å². The lowest BCUT2D eigenvalue weighted by molar-refractivity contribution is 0.559. The van der Waals surface area contributed by atoms with Crippen molar-refractivity contribution < 1.29 is 0 Å². The van der Waals surface area contributed by atoms with E-state index in [9.17, 15) is 0 Å². The number of unbranched alkanes of at least 4 members (excludes halogenated alkanes) is 7. The van der Waals surface area contributed by atoms with Crippen LogP contribution in [0.15, 0.2) is 0 Å². The summed E-state index contributed by atoms with van der Waals surface area (Å²) in [7, 11) is 0. The Morgan fingerprint density at radius 1 is 0.786 bits per heavy atom. The van der Waals surface area contributed by atoms with Gasteiger partial charge in [0.05, 0.1) is 0 Å². The summed E-state index contributed by atoms with van der Waals surface area (Å²) in [4.78, 5) is 0.766. The van der Waals surface area contributed by atoms with Crippen molar-refractivity contribution in [2.24, 2.45) is 0 Å². The van der Waals surface area contributed by atoms with Crippen LogP contribution in [-0.4, -0.2) is 4.83 Å². The summed E-state index contributed by atoms with van der Waals surface area (Å²) in [5.41, 5.74) is 0. The van der Waals surface area contributed by atoms with Crippen LogP contribution in [0.2, 0.25) is 0 Å². The first kappa shape index (κ1) is 14.5. The molecule has 0 nitrogen and oxygen atoms in total. The third-order valence-corrected chi connectivity index (χ3v) is 3.92. The van der Waals surface area contributed by atoms with E-state index in [-0.39, 0.29) is 0 Å². The summed E-state index contributed by atoms with van der Waals surface area (Å²) < 4.78 is 0. The molecule has 0 aromatic carbocycles. The molecule has 0 heterocycles. The first-order chi connectivity index (χ1) is 6.81. The molecule has 0 aliphatic carbocycles. The van der Waals surface area contributed by atoms with Gasteiger partial charge in [-0.1, -0.05) is 81.1 Å². The zero-order valence-corrected chi connectivity index (χ0v) is 11.6. The second kappa shape index (κ2) is 11.6. The number of rotatable bonds is 10. The van der Waals surface area contributed by atoms with Crippen LogP contribution >= 0.6 is 15.9 Å². The minimum Gasteiger partial charge on any atom is -0.0891 e. The van der Waals surface area contributed by atoms with Crippen molar-refractivity contribution in [3.8, 4) is 0 Å². The summed E-state index contributed by atoms with van der Waals surface area (Å²) in [6.45, 7) is 4.53. The number of hydrogen-bond acceptors (Lipinski definition) is 0. The fourth-order valence-electron chi connectivity index (χ4n) is 1.70. The van der Waals surface area contributed by atoms with Gasteiger partial charge in [-0.15, -0.1) is 0 Å². The minimum absolute atomic E-state index is 0.766. The van der Waals surface area contributed by atoms with E-state index >= 15 is 0 Å². The molecule has 0 saturated heterocycles. The molecule has 0 aromatic rings. The highest BCUT2D eigenvalue weighted by Crippen LogP contribution is 2.15. The van der Waals surface area contributed by atoms with Crippen LogP contribution in [-0.2, 0) is 0 Å². The Kier molecular flexibility index (Phi) is 12.0. The predicted molar refractivity (Wildman–Crippen MR) is 70.2 cm³/mol. The molecule has 1 heteroatoms. The van der Waals surface area contributed by atoms with Gasteiger partial charge in [0.2, 0.25) is 0 Å². The van der Waals surface area contributed by atoms with Gasteiger partial charge in [0.15, 0.2) is 0 Å². The molecule has 0 aliphatic heterocycles. The van der Waals surface area contributed by atoms with Gasteiger partial charge in [0.25, 0.3) is 0 Å². The summed E-state index contributed by atoms with van der Waals surface area (Å²) >= 11 is 3.68. The summed E-state index contributed by atoms with van der Waals surface area (Å²) in [6.07, 6.45) is 14.1. The maximum absolute atomic E-state index is 3.68. The monoisotopic (exact) mass is 262 g/mol. The van der Waals surface area contributed by atoms with Crippen molar-refractivity contribution in [2.75, 3.05) is 0 Å². The zero-order valence-electron chi connectivity index (χ0n) is 10.0. The first-order valence-electron chi connectivity index (χ1n) is 6.45. The van der Waals surface area contributed by atoms with Crippen molar-refractivity contribution in [1.29, 1.82) is 0 Å². The van der Waals surface area contributed by atoms with Crippen molar-refractivity contribution in [3.05, 3.63) is 0 Å². The third kappa shape index (κ3) is 10.6. The minimum atomic E-state index is 0.766. The fourth-order valence-corrected chi connectivity index (χ4v) is 2.03. The molecule has 0 saturated carbocycles. The Labute approximate surface area is 99.0 Å². The van der Waals surface area contributed by atoms with Crippen LogP contribution in [0.25, 0.3) is 0 Å².